The molecule has 2 aromatic heterocycles. The lowest BCUT2D eigenvalue weighted by Crippen LogP contribution is -2.08. The molecule has 2 aromatic rings. The molecular formula is C11H12N4O. The van der Waals surface area contributed by atoms with Gasteiger partial charge in [0, 0.05) is 24.9 Å². The van der Waals surface area contributed by atoms with E-state index in [1.807, 2.05) is 12.1 Å². The molecule has 1 aliphatic heterocycles. The Hall–Kier alpha value is -1.75. The Morgan fingerprint density at radius 3 is 3.19 bits per heavy atom. The monoisotopic (exact) mass is 216 g/mol. The maximum Gasteiger partial charge on any atom is 0.259 e. The van der Waals surface area contributed by atoms with Crippen LogP contribution in [0.3, 0.4) is 0 Å². The van der Waals surface area contributed by atoms with Crippen LogP contribution in [0.1, 0.15) is 18.2 Å². The Balaban J connectivity index is 1.87. The molecule has 5 nitrogen and oxygen atoms in total. The van der Waals surface area contributed by atoms with Crippen molar-refractivity contribution in [2.24, 2.45) is 0 Å². The zero-order valence-corrected chi connectivity index (χ0v) is 8.76. The van der Waals surface area contributed by atoms with Gasteiger partial charge in [-0.3, -0.25) is 4.98 Å². The number of hydrogen-bond donors (Lipinski definition) is 1. The van der Waals surface area contributed by atoms with Crippen molar-refractivity contribution < 1.29 is 4.52 Å². The molecule has 82 valence electrons. The molecule has 3 heterocycles. The van der Waals surface area contributed by atoms with Crippen LogP contribution in [0.2, 0.25) is 0 Å². The maximum atomic E-state index is 5.23. The number of rotatable bonds is 2. The topological polar surface area (TPSA) is 63.8 Å². The first-order valence-corrected chi connectivity index (χ1v) is 5.38. The molecule has 5 heteroatoms. The second-order valence-corrected chi connectivity index (χ2v) is 3.89. The van der Waals surface area contributed by atoms with E-state index >= 15 is 0 Å². The standard InChI is InChI=1S/C11H12N4O/c1-2-9(7-12-4-1)11-14-10(15-16-11)8-3-5-13-6-8/h1-2,4,7-8,13H,3,5-6H2. The average Bonchev–Trinajstić information content (AvgIpc) is 3.01. The Morgan fingerprint density at radius 2 is 2.44 bits per heavy atom. The van der Waals surface area contributed by atoms with Crippen molar-refractivity contribution >= 4 is 0 Å². The van der Waals surface area contributed by atoms with E-state index in [2.05, 4.69) is 20.4 Å². The minimum absolute atomic E-state index is 0.383. The Kier molecular flexibility index (Phi) is 2.38. The van der Waals surface area contributed by atoms with Crippen molar-refractivity contribution in [2.45, 2.75) is 12.3 Å². The van der Waals surface area contributed by atoms with E-state index in [1.165, 1.54) is 0 Å². The number of nitrogens with one attached hydrogen (secondary N) is 1. The van der Waals surface area contributed by atoms with Crippen LogP contribution in [0.15, 0.2) is 29.0 Å². The SMILES string of the molecule is c1cncc(-c2nc(C3CCNC3)no2)c1. The van der Waals surface area contributed by atoms with Crippen molar-refractivity contribution in [3.05, 3.63) is 30.4 Å². The van der Waals surface area contributed by atoms with E-state index in [0.29, 0.717) is 11.8 Å². The molecule has 1 N–H and O–H groups in total. The van der Waals surface area contributed by atoms with Gasteiger partial charge in [0.1, 0.15) is 0 Å². The van der Waals surface area contributed by atoms with Crippen LogP contribution in [-0.4, -0.2) is 28.2 Å². The molecule has 1 fully saturated rings. The summed E-state index contributed by atoms with van der Waals surface area (Å²) in [6.07, 6.45) is 4.53. The third-order valence-corrected chi connectivity index (χ3v) is 2.78. The van der Waals surface area contributed by atoms with E-state index in [1.54, 1.807) is 12.4 Å². The summed E-state index contributed by atoms with van der Waals surface area (Å²) in [5, 5.41) is 7.31. The average molecular weight is 216 g/mol. The molecule has 0 aromatic carbocycles. The Bertz CT molecular complexity index is 462. The molecule has 1 aliphatic rings. The zero-order chi connectivity index (χ0) is 10.8. The van der Waals surface area contributed by atoms with E-state index in [9.17, 15) is 0 Å². The summed E-state index contributed by atoms with van der Waals surface area (Å²) in [6, 6.07) is 3.77. The van der Waals surface area contributed by atoms with Crippen molar-refractivity contribution in [1.29, 1.82) is 0 Å². The summed E-state index contributed by atoms with van der Waals surface area (Å²) in [7, 11) is 0. The summed E-state index contributed by atoms with van der Waals surface area (Å²) >= 11 is 0. The second kappa shape index (κ2) is 4.02. The molecule has 1 atom stereocenters. The fourth-order valence-electron chi connectivity index (χ4n) is 1.88. The van der Waals surface area contributed by atoms with E-state index in [0.717, 1.165) is 30.9 Å². The minimum atomic E-state index is 0.383. The smallest absolute Gasteiger partial charge is 0.259 e. The molecule has 0 spiro atoms. The number of hydrogen-bond acceptors (Lipinski definition) is 5. The van der Waals surface area contributed by atoms with Crippen LogP contribution in [0.4, 0.5) is 0 Å². The second-order valence-electron chi connectivity index (χ2n) is 3.89. The maximum absolute atomic E-state index is 5.23. The molecule has 0 radical (unpaired) electrons. The van der Waals surface area contributed by atoms with Crippen LogP contribution in [0, 0.1) is 0 Å². The van der Waals surface area contributed by atoms with Gasteiger partial charge < -0.3 is 9.84 Å². The Morgan fingerprint density at radius 1 is 1.44 bits per heavy atom. The highest BCUT2D eigenvalue weighted by Crippen LogP contribution is 2.22. The highest BCUT2D eigenvalue weighted by molar-refractivity contribution is 5.50. The molecule has 0 amide bonds. The third-order valence-electron chi connectivity index (χ3n) is 2.78. The lowest BCUT2D eigenvalue weighted by molar-refractivity contribution is 0.417. The molecule has 0 saturated carbocycles. The Labute approximate surface area is 92.9 Å². The van der Waals surface area contributed by atoms with Gasteiger partial charge in [0.2, 0.25) is 0 Å². The zero-order valence-electron chi connectivity index (χ0n) is 8.76. The molecule has 1 unspecified atom stereocenters. The summed E-state index contributed by atoms with van der Waals surface area (Å²) in [5.41, 5.74) is 0.868. The molecule has 1 saturated heterocycles. The van der Waals surface area contributed by atoms with Crippen LogP contribution < -0.4 is 5.32 Å². The summed E-state index contributed by atoms with van der Waals surface area (Å²) in [6.45, 7) is 1.97. The highest BCUT2D eigenvalue weighted by Gasteiger charge is 2.22. The van der Waals surface area contributed by atoms with E-state index in [-0.39, 0.29) is 0 Å². The number of pyridine rings is 1. The van der Waals surface area contributed by atoms with Crippen LogP contribution in [-0.2, 0) is 0 Å². The van der Waals surface area contributed by atoms with Crippen LogP contribution in [0.25, 0.3) is 11.5 Å². The van der Waals surface area contributed by atoms with Crippen molar-refractivity contribution in [3.8, 4) is 11.5 Å². The third kappa shape index (κ3) is 1.69. The molecule has 0 bridgehead atoms. The molecule has 16 heavy (non-hydrogen) atoms. The van der Waals surface area contributed by atoms with Gasteiger partial charge in [-0.2, -0.15) is 4.98 Å². The number of nitrogens with zero attached hydrogens (tertiary/aromatic N) is 3. The van der Waals surface area contributed by atoms with Crippen molar-refractivity contribution in [3.63, 3.8) is 0 Å². The normalized spacial score (nSPS) is 20.1. The van der Waals surface area contributed by atoms with Gasteiger partial charge in [-0.25, -0.2) is 0 Å². The fraction of sp³-hybridized carbons (Fsp3) is 0.364. The first-order chi connectivity index (χ1) is 7.93. The largest absolute Gasteiger partial charge is 0.334 e. The van der Waals surface area contributed by atoms with Crippen LogP contribution in [0.5, 0.6) is 0 Å². The van der Waals surface area contributed by atoms with Gasteiger partial charge in [-0.15, -0.1) is 0 Å². The molecule has 0 aliphatic carbocycles. The summed E-state index contributed by atoms with van der Waals surface area (Å²) < 4.78 is 5.23. The molecule has 3 rings (SSSR count). The van der Waals surface area contributed by atoms with Gasteiger partial charge in [0.15, 0.2) is 5.82 Å². The quantitative estimate of drug-likeness (QED) is 0.817. The lowest BCUT2D eigenvalue weighted by atomic mass is 10.1. The fourth-order valence-corrected chi connectivity index (χ4v) is 1.88. The first-order valence-electron chi connectivity index (χ1n) is 5.38. The van der Waals surface area contributed by atoms with Crippen molar-refractivity contribution in [1.82, 2.24) is 20.4 Å². The number of aromatic nitrogens is 3. The molecular weight excluding hydrogens is 204 g/mol. The van der Waals surface area contributed by atoms with E-state index in [4.69, 9.17) is 4.52 Å². The highest BCUT2D eigenvalue weighted by atomic mass is 16.5. The summed E-state index contributed by atoms with van der Waals surface area (Å²) in [5.74, 6) is 1.73. The summed E-state index contributed by atoms with van der Waals surface area (Å²) in [4.78, 5) is 8.43. The predicted octanol–water partition coefficient (Wildman–Crippen LogP) is 1.21. The van der Waals surface area contributed by atoms with Crippen LogP contribution >= 0.6 is 0 Å². The van der Waals surface area contributed by atoms with Gasteiger partial charge >= 0.3 is 0 Å². The minimum Gasteiger partial charge on any atom is -0.334 e. The van der Waals surface area contributed by atoms with E-state index < -0.39 is 0 Å². The van der Waals surface area contributed by atoms with Gasteiger partial charge in [0.25, 0.3) is 5.89 Å². The lowest BCUT2D eigenvalue weighted by Gasteiger charge is -1.98. The first kappa shape index (κ1) is 9.47. The predicted molar refractivity (Wildman–Crippen MR) is 57.8 cm³/mol. The van der Waals surface area contributed by atoms with Gasteiger partial charge in [0.05, 0.1) is 5.56 Å². The van der Waals surface area contributed by atoms with Crippen molar-refractivity contribution in [2.75, 3.05) is 13.1 Å². The van der Waals surface area contributed by atoms with Gasteiger partial charge in [-0.1, -0.05) is 5.16 Å². The van der Waals surface area contributed by atoms with Gasteiger partial charge in [-0.05, 0) is 25.1 Å².